The van der Waals surface area contributed by atoms with E-state index >= 15 is 0 Å². The van der Waals surface area contributed by atoms with Gasteiger partial charge in [0.1, 0.15) is 0 Å². The molecule has 0 spiro atoms. The zero-order valence-corrected chi connectivity index (χ0v) is 12.1. The predicted octanol–water partition coefficient (Wildman–Crippen LogP) is 4.30. The molecule has 0 saturated heterocycles. The van der Waals surface area contributed by atoms with E-state index in [1.54, 1.807) is 0 Å². The molecule has 2 rings (SSSR count). The number of halogens is 3. The molecule has 1 fully saturated rings. The van der Waals surface area contributed by atoms with E-state index in [1.165, 1.54) is 5.38 Å². The smallest absolute Gasteiger partial charge is 0.303 e. The average Bonchev–Trinajstić information content (AvgIpc) is 2.80. The van der Waals surface area contributed by atoms with Gasteiger partial charge in [-0.15, -0.1) is 11.3 Å². The van der Waals surface area contributed by atoms with Crippen LogP contribution in [-0.4, -0.2) is 22.4 Å². The molecule has 0 bridgehead atoms. The molecule has 1 aliphatic rings. The summed E-state index contributed by atoms with van der Waals surface area (Å²) in [4.78, 5) is 8.06. The number of nitrogens with one attached hydrogen (secondary N) is 1. The summed E-state index contributed by atoms with van der Waals surface area (Å²) in [6, 6.07) is 0.0882. The lowest BCUT2D eigenvalue weighted by molar-refractivity contribution is -0.137. The third kappa shape index (κ3) is 3.26. The molecule has 1 aromatic heterocycles. The van der Waals surface area contributed by atoms with Crippen molar-refractivity contribution in [2.24, 2.45) is 4.99 Å². The maximum Gasteiger partial charge on any atom is 0.443 e. The van der Waals surface area contributed by atoms with E-state index in [2.05, 4.69) is 9.98 Å². The third-order valence-corrected chi connectivity index (χ3v) is 4.01. The van der Waals surface area contributed by atoms with Gasteiger partial charge in [-0.3, -0.25) is 4.99 Å². The van der Waals surface area contributed by atoms with Crippen LogP contribution >= 0.6 is 11.3 Å². The van der Waals surface area contributed by atoms with Crippen molar-refractivity contribution in [3.63, 3.8) is 0 Å². The Hall–Kier alpha value is -1.24. The fourth-order valence-electron chi connectivity index (χ4n) is 2.27. The van der Waals surface area contributed by atoms with Crippen LogP contribution in [0.5, 0.6) is 0 Å². The monoisotopic (exact) mass is 303 g/mol. The van der Waals surface area contributed by atoms with Gasteiger partial charge < -0.3 is 5.41 Å². The van der Waals surface area contributed by atoms with E-state index in [-0.39, 0.29) is 12.0 Å². The second-order valence-corrected chi connectivity index (χ2v) is 5.96. The van der Waals surface area contributed by atoms with Gasteiger partial charge in [0.2, 0.25) is 0 Å². The zero-order valence-electron chi connectivity index (χ0n) is 11.3. The van der Waals surface area contributed by atoms with Crippen molar-refractivity contribution in [3.8, 4) is 0 Å². The van der Waals surface area contributed by atoms with E-state index in [0.717, 1.165) is 12.8 Å². The molecule has 20 heavy (non-hydrogen) atoms. The summed E-state index contributed by atoms with van der Waals surface area (Å²) in [5.41, 5.74) is 1.38. The number of nitrogens with zero attached hydrogens (tertiary/aromatic N) is 2. The van der Waals surface area contributed by atoms with Gasteiger partial charge in [-0.05, 0) is 33.1 Å². The van der Waals surface area contributed by atoms with Crippen LogP contribution in [0.1, 0.15) is 49.7 Å². The summed E-state index contributed by atoms with van der Waals surface area (Å²) in [6.45, 7) is 3.85. The normalized spacial score (nSPS) is 22.8. The van der Waals surface area contributed by atoms with Crippen molar-refractivity contribution in [2.75, 3.05) is 0 Å². The Labute approximate surface area is 119 Å². The molecule has 110 valence electrons. The van der Waals surface area contributed by atoms with Crippen LogP contribution in [0.15, 0.2) is 10.4 Å². The lowest BCUT2D eigenvalue weighted by Gasteiger charge is -2.23. The molecule has 1 aliphatic carbocycles. The second-order valence-electron chi connectivity index (χ2n) is 5.10. The van der Waals surface area contributed by atoms with Crippen LogP contribution in [0.25, 0.3) is 0 Å². The molecule has 1 saturated carbocycles. The molecule has 7 heteroatoms. The lowest BCUT2D eigenvalue weighted by Crippen LogP contribution is -2.27. The third-order valence-electron chi connectivity index (χ3n) is 3.10. The predicted molar refractivity (Wildman–Crippen MR) is 74.0 cm³/mol. The maximum absolute atomic E-state index is 12.6. The minimum absolute atomic E-state index is 0.0882. The Kier molecular flexibility index (Phi) is 4.27. The summed E-state index contributed by atoms with van der Waals surface area (Å²) in [5, 5.41) is 8.73. The SMILES string of the molecule is CC(C)N=C1CCCC(c2csc(C(F)(F)F)n2)C1=N. The summed E-state index contributed by atoms with van der Waals surface area (Å²) >= 11 is 0.595. The molecule has 0 radical (unpaired) electrons. The van der Waals surface area contributed by atoms with Crippen molar-refractivity contribution < 1.29 is 13.2 Å². The van der Waals surface area contributed by atoms with Gasteiger partial charge in [0.15, 0.2) is 5.01 Å². The molecular weight excluding hydrogens is 287 g/mol. The van der Waals surface area contributed by atoms with Crippen LogP contribution in [-0.2, 0) is 6.18 Å². The molecule has 0 aromatic carbocycles. The molecule has 1 heterocycles. The van der Waals surface area contributed by atoms with E-state index in [9.17, 15) is 13.2 Å². The van der Waals surface area contributed by atoms with Gasteiger partial charge in [0, 0.05) is 17.3 Å². The highest BCUT2D eigenvalue weighted by atomic mass is 32.1. The quantitative estimate of drug-likeness (QED) is 0.870. The number of hydrogen-bond donors (Lipinski definition) is 1. The molecule has 1 atom stereocenters. The Morgan fingerprint density at radius 1 is 1.45 bits per heavy atom. The molecule has 1 N–H and O–H groups in total. The summed E-state index contributed by atoms with van der Waals surface area (Å²) in [7, 11) is 0. The second kappa shape index (κ2) is 5.63. The Morgan fingerprint density at radius 2 is 2.15 bits per heavy atom. The molecular formula is C13H16F3N3S. The topological polar surface area (TPSA) is 49.1 Å². The van der Waals surface area contributed by atoms with Crippen molar-refractivity contribution in [3.05, 3.63) is 16.1 Å². The Bertz CT molecular complexity index is 531. The minimum Gasteiger partial charge on any atom is -0.303 e. The standard InChI is InChI=1S/C13H16F3N3S/c1-7(2)18-9-5-3-4-8(11(9)17)10-6-20-12(19-10)13(14,15)16/h6-8,17H,3-5H2,1-2H3. The van der Waals surface area contributed by atoms with Crippen molar-refractivity contribution in [1.82, 2.24) is 4.98 Å². The van der Waals surface area contributed by atoms with E-state index in [1.807, 2.05) is 13.8 Å². The maximum atomic E-state index is 12.6. The molecule has 1 aromatic rings. The van der Waals surface area contributed by atoms with Gasteiger partial charge in [-0.1, -0.05) is 0 Å². The van der Waals surface area contributed by atoms with Gasteiger partial charge in [-0.2, -0.15) is 13.2 Å². The number of thiazole rings is 1. The number of rotatable bonds is 2. The van der Waals surface area contributed by atoms with E-state index in [0.29, 0.717) is 34.9 Å². The highest BCUT2D eigenvalue weighted by Crippen LogP contribution is 2.36. The average molecular weight is 303 g/mol. The van der Waals surface area contributed by atoms with Crippen LogP contribution in [0.4, 0.5) is 13.2 Å². The molecule has 0 amide bonds. The van der Waals surface area contributed by atoms with Crippen molar-refractivity contribution in [1.29, 1.82) is 5.41 Å². The van der Waals surface area contributed by atoms with Gasteiger partial charge in [0.25, 0.3) is 0 Å². The molecule has 3 nitrogen and oxygen atoms in total. The lowest BCUT2D eigenvalue weighted by atomic mass is 9.84. The minimum atomic E-state index is -4.41. The van der Waals surface area contributed by atoms with Crippen molar-refractivity contribution >= 4 is 22.8 Å². The Morgan fingerprint density at radius 3 is 2.70 bits per heavy atom. The summed E-state index contributed by atoms with van der Waals surface area (Å²) in [5.74, 6) is -0.353. The summed E-state index contributed by atoms with van der Waals surface area (Å²) in [6.07, 6.45) is -2.19. The zero-order chi connectivity index (χ0) is 14.9. The van der Waals surface area contributed by atoms with E-state index < -0.39 is 11.2 Å². The number of aromatic nitrogens is 1. The van der Waals surface area contributed by atoms with E-state index in [4.69, 9.17) is 5.41 Å². The summed E-state index contributed by atoms with van der Waals surface area (Å²) < 4.78 is 37.8. The molecule has 0 aliphatic heterocycles. The fraction of sp³-hybridized carbons (Fsp3) is 0.615. The molecule has 1 unspecified atom stereocenters. The number of alkyl halides is 3. The number of aliphatic imine (C=N–C) groups is 1. The largest absolute Gasteiger partial charge is 0.443 e. The van der Waals surface area contributed by atoms with Gasteiger partial charge in [0.05, 0.1) is 17.1 Å². The van der Waals surface area contributed by atoms with Gasteiger partial charge in [-0.25, -0.2) is 4.98 Å². The first-order chi connectivity index (χ1) is 9.29. The number of hydrogen-bond acceptors (Lipinski definition) is 4. The van der Waals surface area contributed by atoms with Crippen LogP contribution < -0.4 is 0 Å². The Balaban J connectivity index is 2.24. The first-order valence-corrected chi connectivity index (χ1v) is 7.35. The van der Waals surface area contributed by atoms with Crippen LogP contribution in [0, 0.1) is 5.41 Å². The highest BCUT2D eigenvalue weighted by molar-refractivity contribution is 7.09. The first-order valence-electron chi connectivity index (χ1n) is 6.47. The van der Waals surface area contributed by atoms with Gasteiger partial charge >= 0.3 is 6.18 Å². The first kappa shape index (κ1) is 15.2. The highest BCUT2D eigenvalue weighted by Gasteiger charge is 2.36. The van der Waals surface area contributed by atoms with Crippen molar-refractivity contribution in [2.45, 2.75) is 51.2 Å². The van der Waals surface area contributed by atoms with Crippen LogP contribution in [0.2, 0.25) is 0 Å². The fourth-order valence-corrected chi connectivity index (χ4v) is 3.01. The van der Waals surface area contributed by atoms with Crippen LogP contribution in [0.3, 0.4) is 0 Å².